The number of fused-ring (bicyclic) bond motifs is 1. The normalized spacial score (nSPS) is 17.8. The molecule has 0 bridgehead atoms. The highest BCUT2D eigenvalue weighted by atomic mass is 79.9. The van der Waals surface area contributed by atoms with E-state index in [9.17, 15) is 0 Å². The lowest BCUT2D eigenvalue weighted by atomic mass is 10.1. The third kappa shape index (κ3) is 2.46. The van der Waals surface area contributed by atoms with Crippen molar-refractivity contribution in [2.75, 3.05) is 13.1 Å². The zero-order valence-electron chi connectivity index (χ0n) is 10.0. The van der Waals surface area contributed by atoms with Gasteiger partial charge in [-0.25, -0.2) is 0 Å². The molecular weight excluding hydrogens is 332 g/mol. The van der Waals surface area contributed by atoms with E-state index in [4.69, 9.17) is 11.6 Å². The van der Waals surface area contributed by atoms with Crippen LogP contribution < -0.4 is 0 Å². The zero-order valence-corrected chi connectivity index (χ0v) is 13.3. The lowest BCUT2D eigenvalue weighted by molar-refractivity contribution is 0.542. The Hall–Kier alpha value is -0.450. The van der Waals surface area contributed by atoms with Gasteiger partial charge in [0.1, 0.15) is 0 Å². The molecule has 0 saturated carbocycles. The fourth-order valence-electron chi connectivity index (χ4n) is 2.11. The molecule has 5 heteroatoms. The molecule has 0 aliphatic carbocycles. The summed E-state index contributed by atoms with van der Waals surface area (Å²) in [5.41, 5.74) is 3.61. The van der Waals surface area contributed by atoms with Gasteiger partial charge < -0.3 is 4.90 Å². The first-order chi connectivity index (χ1) is 8.25. The van der Waals surface area contributed by atoms with Gasteiger partial charge in [-0.1, -0.05) is 29.4 Å². The third-order valence-electron chi connectivity index (χ3n) is 3.04. The summed E-state index contributed by atoms with van der Waals surface area (Å²) in [6.07, 6.45) is 1.13. The van der Waals surface area contributed by atoms with Gasteiger partial charge >= 0.3 is 0 Å². The van der Waals surface area contributed by atoms with Gasteiger partial charge in [0.15, 0.2) is 5.17 Å². The minimum absolute atomic E-state index is 0. The molecule has 3 rings (SSSR count). The van der Waals surface area contributed by atoms with Gasteiger partial charge in [0.25, 0.3) is 0 Å². The number of amidine groups is 1. The average molecular weight is 346 g/mol. The highest BCUT2D eigenvalue weighted by molar-refractivity contribution is 8.93. The number of nitrogens with zero attached hydrogens (tertiary/aromatic N) is 2. The molecule has 0 spiro atoms. The minimum atomic E-state index is 0. The number of aryl methyl sites for hydroxylation is 1. The molecule has 0 saturated heterocycles. The van der Waals surface area contributed by atoms with Crippen LogP contribution in [-0.2, 0) is 0 Å². The number of halogens is 2. The molecule has 2 aliphatic heterocycles. The van der Waals surface area contributed by atoms with Gasteiger partial charge in [0.2, 0.25) is 0 Å². The molecule has 0 amide bonds. The first-order valence-corrected chi connectivity index (χ1v) is 6.97. The SMILES string of the molecule is Br.Cc1cc(C2=CSC3=NCCCN23)ccc1Cl. The summed E-state index contributed by atoms with van der Waals surface area (Å²) < 4.78 is 0. The van der Waals surface area contributed by atoms with E-state index >= 15 is 0 Å². The Balaban J connectivity index is 0.00000120. The van der Waals surface area contributed by atoms with Crippen LogP contribution in [0.2, 0.25) is 5.02 Å². The summed E-state index contributed by atoms with van der Waals surface area (Å²) in [6, 6.07) is 6.20. The zero-order chi connectivity index (χ0) is 11.8. The standard InChI is InChI=1S/C13H13ClN2S.BrH/c1-9-7-10(3-4-11(9)14)12-8-17-13-15-5-2-6-16(12)13;/h3-4,7-8H,2,5-6H2,1H3;1H. The fraction of sp³-hybridized carbons (Fsp3) is 0.308. The Morgan fingerprint density at radius 3 is 3.00 bits per heavy atom. The van der Waals surface area contributed by atoms with E-state index in [1.165, 1.54) is 11.3 Å². The Labute approximate surface area is 127 Å². The van der Waals surface area contributed by atoms with Gasteiger partial charge in [-0.05, 0) is 36.6 Å². The second kappa shape index (κ2) is 5.68. The predicted octanol–water partition coefficient (Wildman–Crippen LogP) is 4.33. The van der Waals surface area contributed by atoms with E-state index in [0.717, 1.165) is 35.3 Å². The number of benzene rings is 1. The van der Waals surface area contributed by atoms with Crippen molar-refractivity contribution in [3.8, 4) is 0 Å². The smallest absolute Gasteiger partial charge is 0.168 e. The maximum atomic E-state index is 6.06. The summed E-state index contributed by atoms with van der Waals surface area (Å²) in [5, 5.41) is 4.15. The number of rotatable bonds is 1. The number of hydrogen-bond donors (Lipinski definition) is 0. The Bertz CT molecular complexity index is 528. The minimum Gasteiger partial charge on any atom is -0.320 e. The van der Waals surface area contributed by atoms with E-state index in [1.807, 2.05) is 13.0 Å². The molecule has 0 N–H and O–H groups in total. The summed E-state index contributed by atoms with van der Waals surface area (Å²) in [7, 11) is 0. The Morgan fingerprint density at radius 2 is 2.22 bits per heavy atom. The van der Waals surface area contributed by atoms with E-state index in [-0.39, 0.29) is 17.0 Å². The number of hydrogen-bond acceptors (Lipinski definition) is 3. The summed E-state index contributed by atoms with van der Waals surface area (Å²) in [6.45, 7) is 4.07. The van der Waals surface area contributed by atoms with Gasteiger partial charge in [0.05, 0.1) is 5.70 Å². The second-order valence-corrected chi connectivity index (χ2v) is 5.50. The van der Waals surface area contributed by atoms with Crippen LogP contribution >= 0.6 is 40.3 Å². The van der Waals surface area contributed by atoms with E-state index in [1.54, 1.807) is 11.8 Å². The van der Waals surface area contributed by atoms with Gasteiger partial charge in [-0.2, -0.15) is 0 Å². The summed E-state index contributed by atoms with van der Waals surface area (Å²) >= 11 is 7.78. The lowest BCUT2D eigenvalue weighted by Crippen LogP contribution is -2.28. The molecule has 2 nitrogen and oxygen atoms in total. The monoisotopic (exact) mass is 344 g/mol. The van der Waals surface area contributed by atoms with Crippen LogP contribution in [0.5, 0.6) is 0 Å². The molecule has 0 fully saturated rings. The Kier molecular flexibility index (Phi) is 4.41. The van der Waals surface area contributed by atoms with E-state index in [2.05, 4.69) is 27.4 Å². The summed E-state index contributed by atoms with van der Waals surface area (Å²) in [4.78, 5) is 6.84. The first-order valence-electron chi connectivity index (χ1n) is 5.71. The molecule has 1 aromatic carbocycles. The molecule has 96 valence electrons. The highest BCUT2D eigenvalue weighted by Gasteiger charge is 2.25. The molecular formula is C13H14BrClN2S. The highest BCUT2D eigenvalue weighted by Crippen LogP contribution is 2.35. The molecule has 1 aromatic rings. The predicted molar refractivity (Wildman–Crippen MR) is 85.7 cm³/mol. The van der Waals surface area contributed by atoms with Crippen molar-refractivity contribution in [2.24, 2.45) is 4.99 Å². The molecule has 0 radical (unpaired) electrons. The van der Waals surface area contributed by atoms with Crippen LogP contribution in [-0.4, -0.2) is 23.2 Å². The topological polar surface area (TPSA) is 15.6 Å². The fourth-order valence-corrected chi connectivity index (χ4v) is 3.19. The maximum absolute atomic E-state index is 6.06. The van der Waals surface area contributed by atoms with E-state index < -0.39 is 0 Å². The van der Waals surface area contributed by atoms with Crippen LogP contribution in [0, 0.1) is 6.92 Å². The van der Waals surface area contributed by atoms with Crippen molar-refractivity contribution >= 4 is 51.2 Å². The molecule has 18 heavy (non-hydrogen) atoms. The maximum Gasteiger partial charge on any atom is 0.168 e. The van der Waals surface area contributed by atoms with Crippen LogP contribution in [0.25, 0.3) is 5.70 Å². The lowest BCUT2D eigenvalue weighted by Gasteiger charge is -2.25. The number of thioether (sulfide) groups is 1. The van der Waals surface area contributed by atoms with Crippen molar-refractivity contribution in [3.05, 3.63) is 39.8 Å². The Morgan fingerprint density at radius 1 is 1.39 bits per heavy atom. The van der Waals surface area contributed by atoms with E-state index in [0.29, 0.717) is 0 Å². The van der Waals surface area contributed by atoms with Crippen molar-refractivity contribution in [1.82, 2.24) is 4.90 Å². The first kappa shape index (κ1) is 14.0. The molecule has 2 heterocycles. The van der Waals surface area contributed by atoms with Gasteiger partial charge in [-0.3, -0.25) is 4.99 Å². The molecule has 0 atom stereocenters. The second-order valence-electron chi connectivity index (χ2n) is 4.25. The van der Waals surface area contributed by atoms with Crippen molar-refractivity contribution in [3.63, 3.8) is 0 Å². The van der Waals surface area contributed by atoms with Crippen LogP contribution in [0.4, 0.5) is 0 Å². The van der Waals surface area contributed by atoms with Crippen molar-refractivity contribution in [2.45, 2.75) is 13.3 Å². The third-order valence-corrected chi connectivity index (χ3v) is 4.36. The van der Waals surface area contributed by atoms with Crippen LogP contribution in [0.1, 0.15) is 17.5 Å². The molecule has 2 aliphatic rings. The summed E-state index contributed by atoms with van der Waals surface area (Å²) in [5.74, 6) is 0. The van der Waals surface area contributed by atoms with Gasteiger partial charge in [0, 0.05) is 23.5 Å². The van der Waals surface area contributed by atoms with Crippen LogP contribution in [0.15, 0.2) is 28.6 Å². The van der Waals surface area contributed by atoms with Crippen LogP contribution in [0.3, 0.4) is 0 Å². The van der Waals surface area contributed by atoms with Gasteiger partial charge in [-0.15, -0.1) is 17.0 Å². The molecule has 0 aromatic heterocycles. The number of aliphatic imine (C=N–C) groups is 1. The average Bonchev–Trinajstić information content (AvgIpc) is 2.76. The van der Waals surface area contributed by atoms with Crippen molar-refractivity contribution in [1.29, 1.82) is 0 Å². The van der Waals surface area contributed by atoms with Crippen molar-refractivity contribution < 1.29 is 0 Å². The largest absolute Gasteiger partial charge is 0.320 e. The quantitative estimate of drug-likeness (QED) is 0.752. The molecule has 0 unspecified atom stereocenters.